The number of hydrogen-bond donors (Lipinski definition) is 1. The molecule has 0 aliphatic carbocycles. The van der Waals surface area contributed by atoms with E-state index in [1.54, 1.807) is 4.90 Å². The van der Waals surface area contributed by atoms with Crippen molar-refractivity contribution in [1.82, 2.24) is 14.7 Å². The molecule has 1 aromatic heterocycles. The molecule has 1 unspecified atom stereocenters. The van der Waals surface area contributed by atoms with Crippen LogP contribution in [0, 0.1) is 0 Å². The maximum Gasteiger partial charge on any atom is 0.410 e. The van der Waals surface area contributed by atoms with Crippen LogP contribution in [-0.2, 0) is 11.2 Å². The number of fused-ring (bicyclic) bond motifs is 1. The third kappa shape index (κ3) is 2.96. The van der Waals surface area contributed by atoms with Crippen LogP contribution in [0.5, 0.6) is 5.88 Å². The average Bonchev–Trinajstić information content (AvgIpc) is 2.85. The number of ether oxygens (including phenoxy) is 1. The van der Waals surface area contributed by atoms with Gasteiger partial charge in [0.25, 0.3) is 0 Å². The van der Waals surface area contributed by atoms with Gasteiger partial charge in [0.15, 0.2) is 0 Å². The van der Waals surface area contributed by atoms with Gasteiger partial charge in [-0.25, -0.2) is 9.48 Å². The van der Waals surface area contributed by atoms with Gasteiger partial charge >= 0.3 is 6.09 Å². The molecule has 1 aromatic carbocycles. The van der Waals surface area contributed by atoms with Gasteiger partial charge in [-0.1, -0.05) is 18.2 Å². The van der Waals surface area contributed by atoms with Crippen LogP contribution in [-0.4, -0.2) is 38.0 Å². The van der Waals surface area contributed by atoms with Gasteiger partial charge in [-0.15, -0.1) is 0 Å². The highest BCUT2D eigenvalue weighted by Gasteiger charge is 2.35. The summed E-state index contributed by atoms with van der Waals surface area (Å²) >= 11 is 0. The molecular weight excluding hydrogens is 306 g/mol. The minimum Gasteiger partial charge on any atom is -0.493 e. The number of carbonyl (C=O) groups excluding carboxylic acids is 1. The first-order chi connectivity index (χ1) is 11.3. The number of hydrogen-bond acceptors (Lipinski definition) is 4. The molecule has 0 bridgehead atoms. The van der Waals surface area contributed by atoms with E-state index < -0.39 is 5.60 Å². The summed E-state index contributed by atoms with van der Waals surface area (Å²) in [5, 5.41) is 15.1. The summed E-state index contributed by atoms with van der Waals surface area (Å²) in [5.41, 5.74) is 1.77. The first kappa shape index (κ1) is 16.4. The lowest BCUT2D eigenvalue weighted by Crippen LogP contribution is -2.42. The van der Waals surface area contributed by atoms with Crippen molar-refractivity contribution in [3.8, 4) is 11.6 Å². The van der Waals surface area contributed by atoms with E-state index in [1.165, 1.54) is 4.68 Å². The van der Waals surface area contributed by atoms with Crippen molar-refractivity contribution >= 4 is 6.09 Å². The Bertz CT molecular complexity index is 747. The Hall–Kier alpha value is -2.50. The first-order valence-electron chi connectivity index (χ1n) is 8.14. The van der Waals surface area contributed by atoms with Crippen LogP contribution in [0.25, 0.3) is 5.69 Å². The zero-order valence-corrected chi connectivity index (χ0v) is 14.5. The highest BCUT2D eigenvalue weighted by molar-refractivity contribution is 5.69. The molecule has 2 aromatic rings. The number of nitrogens with zero attached hydrogens (tertiary/aromatic N) is 3. The molecule has 1 N–H and O–H groups in total. The van der Waals surface area contributed by atoms with Crippen LogP contribution in [0.4, 0.5) is 4.79 Å². The molecule has 0 saturated heterocycles. The van der Waals surface area contributed by atoms with Crippen LogP contribution in [0.2, 0.25) is 0 Å². The lowest BCUT2D eigenvalue weighted by atomic mass is 10.0. The molecule has 0 fully saturated rings. The Balaban J connectivity index is 1.91. The van der Waals surface area contributed by atoms with Crippen molar-refractivity contribution in [2.75, 3.05) is 6.54 Å². The van der Waals surface area contributed by atoms with Crippen molar-refractivity contribution in [2.24, 2.45) is 0 Å². The van der Waals surface area contributed by atoms with Crippen LogP contribution in [0.1, 0.15) is 45.0 Å². The second-order valence-electron chi connectivity index (χ2n) is 7.03. The summed E-state index contributed by atoms with van der Waals surface area (Å²) in [5.74, 6) is 0.145. The molecule has 24 heavy (non-hydrogen) atoms. The normalized spacial score (nSPS) is 17.5. The van der Waals surface area contributed by atoms with Gasteiger partial charge in [-0.3, -0.25) is 4.90 Å². The maximum absolute atomic E-state index is 12.4. The molecule has 1 amide bonds. The highest BCUT2D eigenvalue weighted by atomic mass is 16.6. The minimum atomic E-state index is -0.539. The van der Waals surface area contributed by atoms with Crippen LogP contribution in [0.15, 0.2) is 30.3 Å². The lowest BCUT2D eigenvalue weighted by Gasteiger charge is -2.34. The summed E-state index contributed by atoms with van der Waals surface area (Å²) in [7, 11) is 0. The van der Waals surface area contributed by atoms with Gasteiger partial charge in [0, 0.05) is 12.1 Å². The van der Waals surface area contributed by atoms with Gasteiger partial charge < -0.3 is 9.84 Å². The van der Waals surface area contributed by atoms with Crippen molar-refractivity contribution in [3.05, 3.63) is 41.6 Å². The standard InChI is InChI=1S/C18H23N3O3/c1-12-15-14(10-11-20(12)17(23)24-18(2,3)4)16(22)21(19-15)13-8-6-5-7-9-13/h5-9,12,22H,10-11H2,1-4H3. The van der Waals surface area contributed by atoms with E-state index in [4.69, 9.17) is 4.74 Å². The molecule has 1 aliphatic rings. The lowest BCUT2D eigenvalue weighted by molar-refractivity contribution is 0.0155. The van der Waals surface area contributed by atoms with E-state index in [-0.39, 0.29) is 18.0 Å². The van der Waals surface area contributed by atoms with Gasteiger partial charge in [-0.05, 0) is 46.2 Å². The second kappa shape index (κ2) is 5.85. The maximum atomic E-state index is 12.4. The fraction of sp³-hybridized carbons (Fsp3) is 0.444. The van der Waals surface area contributed by atoms with E-state index in [0.717, 1.165) is 11.3 Å². The summed E-state index contributed by atoms with van der Waals surface area (Å²) in [6.45, 7) is 7.95. The predicted octanol–water partition coefficient (Wildman–Crippen LogP) is 3.43. The second-order valence-corrected chi connectivity index (χ2v) is 7.03. The van der Waals surface area contributed by atoms with Crippen molar-refractivity contribution in [3.63, 3.8) is 0 Å². The molecule has 0 radical (unpaired) electrons. The average molecular weight is 329 g/mol. The number of benzene rings is 1. The Morgan fingerprint density at radius 3 is 2.58 bits per heavy atom. The zero-order chi connectivity index (χ0) is 17.5. The SMILES string of the molecule is CC1c2nn(-c3ccccc3)c(O)c2CCN1C(=O)OC(C)(C)C. The van der Waals surface area contributed by atoms with Gasteiger partial charge in [-0.2, -0.15) is 5.10 Å². The Labute approximate surface area is 141 Å². The molecule has 2 heterocycles. The van der Waals surface area contributed by atoms with E-state index in [2.05, 4.69) is 5.10 Å². The molecule has 0 saturated carbocycles. The van der Waals surface area contributed by atoms with Gasteiger partial charge in [0.2, 0.25) is 5.88 Å². The molecule has 6 heteroatoms. The number of aromatic hydroxyl groups is 1. The smallest absolute Gasteiger partial charge is 0.410 e. The van der Waals surface area contributed by atoms with E-state index in [1.807, 2.05) is 58.0 Å². The fourth-order valence-corrected chi connectivity index (χ4v) is 2.93. The third-order valence-electron chi connectivity index (χ3n) is 4.08. The minimum absolute atomic E-state index is 0.145. The number of para-hydroxylation sites is 1. The van der Waals surface area contributed by atoms with E-state index in [9.17, 15) is 9.90 Å². The topological polar surface area (TPSA) is 67.6 Å². The zero-order valence-electron chi connectivity index (χ0n) is 14.5. The third-order valence-corrected chi connectivity index (χ3v) is 4.08. The number of carbonyl (C=O) groups is 1. The van der Waals surface area contributed by atoms with Crippen LogP contribution >= 0.6 is 0 Å². The Morgan fingerprint density at radius 2 is 1.96 bits per heavy atom. The predicted molar refractivity (Wildman–Crippen MR) is 90.3 cm³/mol. The fourth-order valence-electron chi connectivity index (χ4n) is 2.93. The van der Waals surface area contributed by atoms with E-state index in [0.29, 0.717) is 18.7 Å². The van der Waals surface area contributed by atoms with Crippen LogP contribution in [0.3, 0.4) is 0 Å². The summed E-state index contributed by atoms with van der Waals surface area (Å²) in [6, 6.07) is 9.22. The number of rotatable bonds is 1. The van der Waals surface area contributed by atoms with Crippen molar-refractivity contribution < 1.29 is 14.6 Å². The summed E-state index contributed by atoms with van der Waals surface area (Å²) in [6.07, 6.45) is 0.201. The number of aromatic nitrogens is 2. The molecule has 128 valence electrons. The number of amides is 1. The van der Waals surface area contributed by atoms with Crippen molar-refractivity contribution in [2.45, 2.75) is 45.8 Å². The molecule has 6 nitrogen and oxygen atoms in total. The quantitative estimate of drug-likeness (QED) is 0.870. The Morgan fingerprint density at radius 1 is 1.29 bits per heavy atom. The van der Waals surface area contributed by atoms with E-state index >= 15 is 0 Å². The molecule has 3 rings (SSSR count). The monoisotopic (exact) mass is 329 g/mol. The highest BCUT2D eigenvalue weighted by Crippen LogP contribution is 2.36. The largest absolute Gasteiger partial charge is 0.493 e. The molecule has 0 spiro atoms. The van der Waals surface area contributed by atoms with Gasteiger partial charge in [0.1, 0.15) is 5.60 Å². The Kier molecular flexibility index (Phi) is 3.99. The molecule has 1 aliphatic heterocycles. The van der Waals surface area contributed by atoms with Crippen molar-refractivity contribution in [1.29, 1.82) is 0 Å². The van der Waals surface area contributed by atoms with Crippen LogP contribution < -0.4 is 0 Å². The summed E-state index contributed by atoms with van der Waals surface area (Å²) < 4.78 is 7.00. The molecule has 1 atom stereocenters. The first-order valence-corrected chi connectivity index (χ1v) is 8.14. The summed E-state index contributed by atoms with van der Waals surface area (Å²) in [4.78, 5) is 14.1. The molecular formula is C18H23N3O3. The van der Waals surface area contributed by atoms with Gasteiger partial charge in [0.05, 0.1) is 17.4 Å².